The SMILES string of the molecule is Cc1cccc(C2(C(=O)Nc3ccc(OC4CCCC4)cc3)CCCCC2)c1. The number of nitrogens with one attached hydrogen (secondary N) is 1. The van der Waals surface area contributed by atoms with Crippen molar-refractivity contribution in [2.24, 2.45) is 0 Å². The van der Waals surface area contributed by atoms with Gasteiger partial charge in [-0.1, -0.05) is 49.1 Å². The van der Waals surface area contributed by atoms with Crippen LogP contribution in [0.2, 0.25) is 0 Å². The van der Waals surface area contributed by atoms with E-state index in [-0.39, 0.29) is 5.91 Å². The molecule has 0 radical (unpaired) electrons. The zero-order valence-electron chi connectivity index (χ0n) is 16.9. The molecule has 0 atom stereocenters. The second kappa shape index (κ2) is 8.38. The number of hydrogen-bond acceptors (Lipinski definition) is 2. The van der Waals surface area contributed by atoms with Gasteiger partial charge >= 0.3 is 0 Å². The molecule has 2 aliphatic carbocycles. The third kappa shape index (κ3) is 4.09. The smallest absolute Gasteiger partial charge is 0.235 e. The van der Waals surface area contributed by atoms with Crippen LogP contribution in [-0.2, 0) is 10.2 Å². The first-order valence-corrected chi connectivity index (χ1v) is 10.8. The van der Waals surface area contributed by atoms with Gasteiger partial charge in [-0.05, 0) is 75.3 Å². The summed E-state index contributed by atoms with van der Waals surface area (Å²) in [6.07, 6.45) is 10.5. The van der Waals surface area contributed by atoms with Gasteiger partial charge in [0, 0.05) is 5.69 Å². The van der Waals surface area contributed by atoms with E-state index >= 15 is 0 Å². The van der Waals surface area contributed by atoms with Gasteiger partial charge in [0.05, 0.1) is 11.5 Å². The average Bonchev–Trinajstić information content (AvgIpc) is 3.23. The van der Waals surface area contributed by atoms with Crippen LogP contribution in [0.25, 0.3) is 0 Å². The highest BCUT2D eigenvalue weighted by atomic mass is 16.5. The number of hydrogen-bond donors (Lipinski definition) is 1. The van der Waals surface area contributed by atoms with Gasteiger partial charge in [-0.15, -0.1) is 0 Å². The Kier molecular flexibility index (Phi) is 5.70. The highest BCUT2D eigenvalue weighted by Gasteiger charge is 2.41. The van der Waals surface area contributed by atoms with Crippen LogP contribution in [0.3, 0.4) is 0 Å². The monoisotopic (exact) mass is 377 g/mol. The maximum atomic E-state index is 13.4. The topological polar surface area (TPSA) is 38.3 Å². The van der Waals surface area contributed by atoms with Crippen LogP contribution in [0.4, 0.5) is 5.69 Å². The van der Waals surface area contributed by atoms with Crippen LogP contribution in [-0.4, -0.2) is 12.0 Å². The molecular weight excluding hydrogens is 346 g/mol. The zero-order chi connectivity index (χ0) is 19.4. The summed E-state index contributed by atoms with van der Waals surface area (Å²) in [6.45, 7) is 2.10. The Bertz CT molecular complexity index is 800. The lowest BCUT2D eigenvalue weighted by molar-refractivity contribution is -0.122. The van der Waals surface area contributed by atoms with Gasteiger partial charge in [0.25, 0.3) is 0 Å². The third-order valence-electron chi connectivity index (χ3n) is 6.43. The molecule has 1 amide bonds. The lowest BCUT2D eigenvalue weighted by atomic mass is 9.68. The van der Waals surface area contributed by atoms with Gasteiger partial charge in [-0.2, -0.15) is 0 Å². The van der Waals surface area contributed by atoms with Gasteiger partial charge < -0.3 is 10.1 Å². The van der Waals surface area contributed by atoms with Crippen molar-refractivity contribution in [1.29, 1.82) is 0 Å². The molecule has 4 rings (SSSR count). The Hall–Kier alpha value is -2.29. The number of benzene rings is 2. The lowest BCUT2D eigenvalue weighted by Gasteiger charge is -2.36. The molecule has 3 heteroatoms. The molecule has 28 heavy (non-hydrogen) atoms. The molecule has 2 aliphatic rings. The van der Waals surface area contributed by atoms with Crippen LogP contribution >= 0.6 is 0 Å². The number of amides is 1. The molecule has 3 nitrogen and oxygen atoms in total. The molecule has 0 aromatic heterocycles. The fraction of sp³-hybridized carbons (Fsp3) is 0.480. The molecule has 0 aliphatic heterocycles. The van der Waals surface area contributed by atoms with Crippen molar-refractivity contribution in [3.05, 3.63) is 59.7 Å². The quantitative estimate of drug-likeness (QED) is 0.678. The predicted octanol–water partition coefficient (Wildman–Crippen LogP) is 6.16. The van der Waals surface area contributed by atoms with E-state index in [1.54, 1.807) is 0 Å². The van der Waals surface area contributed by atoms with Crippen LogP contribution in [0, 0.1) is 6.92 Å². The van der Waals surface area contributed by atoms with Gasteiger partial charge in [0.2, 0.25) is 5.91 Å². The van der Waals surface area contributed by atoms with Crippen LogP contribution in [0.1, 0.15) is 68.9 Å². The summed E-state index contributed by atoms with van der Waals surface area (Å²) in [7, 11) is 0. The fourth-order valence-electron chi connectivity index (χ4n) is 4.81. The summed E-state index contributed by atoms with van der Waals surface area (Å²) >= 11 is 0. The summed E-state index contributed by atoms with van der Waals surface area (Å²) in [4.78, 5) is 13.4. The Balaban J connectivity index is 1.49. The second-order valence-electron chi connectivity index (χ2n) is 8.52. The molecule has 0 saturated heterocycles. The fourth-order valence-corrected chi connectivity index (χ4v) is 4.81. The maximum absolute atomic E-state index is 13.4. The molecule has 0 bridgehead atoms. The number of aryl methyl sites for hydroxylation is 1. The molecular formula is C25H31NO2. The van der Waals surface area contributed by atoms with E-state index in [0.29, 0.717) is 6.10 Å². The van der Waals surface area contributed by atoms with Crippen molar-refractivity contribution in [1.82, 2.24) is 0 Å². The standard InChI is InChI=1S/C25H31NO2/c1-19-8-7-9-20(18-19)25(16-5-2-6-17-25)24(27)26-21-12-14-23(15-13-21)28-22-10-3-4-11-22/h7-9,12-15,18,22H,2-6,10-11,16-17H2,1H3,(H,26,27). The average molecular weight is 378 g/mol. The van der Waals surface area contributed by atoms with E-state index in [4.69, 9.17) is 4.74 Å². The first-order valence-electron chi connectivity index (χ1n) is 10.8. The Morgan fingerprint density at radius 2 is 1.68 bits per heavy atom. The number of anilines is 1. The largest absolute Gasteiger partial charge is 0.490 e. The van der Waals surface area contributed by atoms with E-state index in [2.05, 4.69) is 36.5 Å². The minimum atomic E-state index is -0.413. The molecule has 0 unspecified atom stereocenters. The number of carbonyl (C=O) groups is 1. The van der Waals surface area contributed by atoms with Gasteiger partial charge in [-0.3, -0.25) is 4.79 Å². The van der Waals surface area contributed by atoms with Crippen molar-refractivity contribution < 1.29 is 9.53 Å². The summed E-state index contributed by atoms with van der Waals surface area (Å²) in [5.74, 6) is 1.03. The second-order valence-corrected chi connectivity index (χ2v) is 8.52. The number of carbonyl (C=O) groups excluding carboxylic acids is 1. The summed E-state index contributed by atoms with van der Waals surface area (Å²) in [5.41, 5.74) is 2.81. The van der Waals surface area contributed by atoms with Crippen LogP contribution in [0.5, 0.6) is 5.75 Å². The number of rotatable bonds is 5. The molecule has 1 N–H and O–H groups in total. The molecule has 148 valence electrons. The van der Waals surface area contributed by atoms with E-state index in [1.807, 2.05) is 24.3 Å². The van der Waals surface area contributed by atoms with E-state index in [0.717, 1.165) is 55.5 Å². The predicted molar refractivity (Wildman–Crippen MR) is 114 cm³/mol. The normalized spacial score (nSPS) is 19.3. The maximum Gasteiger partial charge on any atom is 0.235 e. The van der Waals surface area contributed by atoms with E-state index in [1.165, 1.54) is 24.8 Å². The molecule has 0 heterocycles. The molecule has 2 aromatic rings. The Morgan fingerprint density at radius 1 is 0.964 bits per heavy atom. The highest BCUT2D eigenvalue weighted by molar-refractivity contribution is 5.99. The minimum Gasteiger partial charge on any atom is -0.490 e. The Morgan fingerprint density at radius 3 is 2.36 bits per heavy atom. The highest BCUT2D eigenvalue weighted by Crippen LogP contribution is 2.41. The Labute approximate surface area is 168 Å². The molecule has 2 aromatic carbocycles. The number of ether oxygens (including phenoxy) is 1. The zero-order valence-corrected chi connectivity index (χ0v) is 16.9. The minimum absolute atomic E-state index is 0.127. The summed E-state index contributed by atoms with van der Waals surface area (Å²) < 4.78 is 6.04. The molecule has 2 fully saturated rings. The van der Waals surface area contributed by atoms with Crippen LogP contribution < -0.4 is 10.1 Å². The lowest BCUT2D eigenvalue weighted by Crippen LogP contribution is -2.42. The first kappa shape index (κ1) is 19.0. The van der Waals surface area contributed by atoms with Crippen molar-refractivity contribution in [2.45, 2.75) is 76.2 Å². The van der Waals surface area contributed by atoms with Crippen molar-refractivity contribution >= 4 is 11.6 Å². The van der Waals surface area contributed by atoms with Gasteiger partial charge in [-0.25, -0.2) is 0 Å². The third-order valence-corrected chi connectivity index (χ3v) is 6.43. The molecule has 2 saturated carbocycles. The van der Waals surface area contributed by atoms with Crippen molar-refractivity contribution in [2.75, 3.05) is 5.32 Å². The van der Waals surface area contributed by atoms with Crippen molar-refractivity contribution in [3.63, 3.8) is 0 Å². The summed E-state index contributed by atoms with van der Waals surface area (Å²) in [6, 6.07) is 16.4. The van der Waals surface area contributed by atoms with Gasteiger partial charge in [0.1, 0.15) is 5.75 Å². The first-order chi connectivity index (χ1) is 13.7. The van der Waals surface area contributed by atoms with Gasteiger partial charge in [0.15, 0.2) is 0 Å². The molecule has 0 spiro atoms. The van der Waals surface area contributed by atoms with E-state index in [9.17, 15) is 4.79 Å². The summed E-state index contributed by atoms with van der Waals surface area (Å²) in [5, 5.41) is 3.20. The van der Waals surface area contributed by atoms with Crippen molar-refractivity contribution in [3.8, 4) is 5.75 Å². The van der Waals surface area contributed by atoms with E-state index < -0.39 is 5.41 Å². The van der Waals surface area contributed by atoms with Crippen LogP contribution in [0.15, 0.2) is 48.5 Å².